The minimum atomic E-state index is 0.608. The Balaban J connectivity index is 2.51. The lowest BCUT2D eigenvalue weighted by atomic mass is 9.95. The summed E-state index contributed by atoms with van der Waals surface area (Å²) in [4.78, 5) is 4.49. The third kappa shape index (κ3) is 3.07. The molecule has 14 heavy (non-hydrogen) atoms. The molecule has 0 aliphatic rings. The summed E-state index contributed by atoms with van der Waals surface area (Å²) in [5, 5.41) is 6.70. The van der Waals surface area contributed by atoms with Crippen LogP contribution < -0.4 is 5.32 Å². The van der Waals surface area contributed by atoms with Crippen molar-refractivity contribution in [2.75, 3.05) is 7.05 Å². The number of rotatable bonds is 5. The van der Waals surface area contributed by atoms with E-state index < -0.39 is 0 Å². The van der Waals surface area contributed by atoms with E-state index in [2.05, 4.69) is 36.5 Å². The van der Waals surface area contributed by atoms with Crippen molar-refractivity contribution < 1.29 is 0 Å². The molecule has 0 fully saturated rings. The van der Waals surface area contributed by atoms with E-state index in [-0.39, 0.29) is 0 Å². The van der Waals surface area contributed by atoms with E-state index in [1.807, 2.05) is 7.05 Å². The molecule has 0 aliphatic heterocycles. The van der Waals surface area contributed by atoms with Gasteiger partial charge in [0.25, 0.3) is 0 Å². The maximum Gasteiger partial charge on any atom is 0.0897 e. The Labute approximate surface area is 90.8 Å². The molecular formula is C11H20N2S. The molecule has 1 heterocycles. The van der Waals surface area contributed by atoms with Gasteiger partial charge in [-0.2, -0.15) is 0 Å². The van der Waals surface area contributed by atoms with Crippen LogP contribution in [0.2, 0.25) is 0 Å². The molecule has 80 valence electrons. The standard InChI is InChI=1S/C11H20N2S/c1-5-11(12-4)8(2)6-10-7-14-9(3)13-10/h7-8,11-12H,5-6H2,1-4H3. The van der Waals surface area contributed by atoms with Gasteiger partial charge < -0.3 is 5.32 Å². The van der Waals surface area contributed by atoms with Crippen molar-refractivity contribution in [3.8, 4) is 0 Å². The van der Waals surface area contributed by atoms with Crippen molar-refractivity contribution in [2.45, 2.75) is 39.7 Å². The molecule has 0 saturated carbocycles. The van der Waals surface area contributed by atoms with E-state index in [1.54, 1.807) is 11.3 Å². The number of nitrogens with one attached hydrogen (secondary N) is 1. The number of thiazole rings is 1. The average Bonchev–Trinajstić information content (AvgIpc) is 2.53. The molecule has 0 amide bonds. The molecule has 1 aromatic rings. The molecule has 0 bridgehead atoms. The quantitative estimate of drug-likeness (QED) is 0.811. The molecule has 0 radical (unpaired) electrons. The largest absolute Gasteiger partial charge is 0.317 e. The number of nitrogens with zero attached hydrogens (tertiary/aromatic N) is 1. The number of hydrogen-bond acceptors (Lipinski definition) is 3. The predicted octanol–water partition coefficient (Wildman–Crippen LogP) is 2.63. The zero-order valence-electron chi connectivity index (χ0n) is 9.50. The highest BCUT2D eigenvalue weighted by molar-refractivity contribution is 7.09. The SMILES string of the molecule is CCC(NC)C(C)Cc1csc(C)n1. The van der Waals surface area contributed by atoms with Crippen LogP contribution in [0.1, 0.15) is 31.0 Å². The summed E-state index contributed by atoms with van der Waals surface area (Å²) in [6.45, 7) is 6.58. The fraction of sp³-hybridized carbons (Fsp3) is 0.727. The number of aryl methyl sites for hydroxylation is 1. The first-order chi connectivity index (χ1) is 6.67. The van der Waals surface area contributed by atoms with Crippen LogP contribution in [0, 0.1) is 12.8 Å². The summed E-state index contributed by atoms with van der Waals surface area (Å²) in [5.74, 6) is 0.659. The molecule has 2 atom stereocenters. The molecule has 3 heteroatoms. The van der Waals surface area contributed by atoms with Crippen LogP contribution in [-0.2, 0) is 6.42 Å². The van der Waals surface area contributed by atoms with E-state index in [0.717, 1.165) is 6.42 Å². The highest BCUT2D eigenvalue weighted by Gasteiger charge is 2.14. The third-order valence-electron chi connectivity index (χ3n) is 2.70. The van der Waals surface area contributed by atoms with Crippen molar-refractivity contribution in [3.05, 3.63) is 16.1 Å². The molecule has 1 rings (SSSR count). The van der Waals surface area contributed by atoms with Crippen LogP contribution in [-0.4, -0.2) is 18.1 Å². The van der Waals surface area contributed by atoms with E-state index in [1.165, 1.54) is 17.1 Å². The topological polar surface area (TPSA) is 24.9 Å². The first kappa shape index (κ1) is 11.7. The maximum atomic E-state index is 4.49. The van der Waals surface area contributed by atoms with Crippen LogP contribution in [0.3, 0.4) is 0 Å². The summed E-state index contributed by atoms with van der Waals surface area (Å²) < 4.78 is 0. The Hall–Kier alpha value is -0.410. The monoisotopic (exact) mass is 212 g/mol. The smallest absolute Gasteiger partial charge is 0.0897 e. The summed E-state index contributed by atoms with van der Waals surface area (Å²) in [6.07, 6.45) is 2.27. The van der Waals surface area contributed by atoms with Crippen LogP contribution >= 0.6 is 11.3 Å². The van der Waals surface area contributed by atoms with E-state index in [4.69, 9.17) is 0 Å². The van der Waals surface area contributed by atoms with Crippen LogP contribution in [0.4, 0.5) is 0 Å². The van der Waals surface area contributed by atoms with Crippen molar-refractivity contribution in [1.82, 2.24) is 10.3 Å². The Morgan fingerprint density at radius 3 is 2.71 bits per heavy atom. The van der Waals surface area contributed by atoms with Gasteiger partial charge in [-0.05, 0) is 32.7 Å². The van der Waals surface area contributed by atoms with E-state index in [9.17, 15) is 0 Å². The van der Waals surface area contributed by atoms with E-state index in [0.29, 0.717) is 12.0 Å². The van der Waals surface area contributed by atoms with Gasteiger partial charge in [0, 0.05) is 11.4 Å². The Morgan fingerprint density at radius 2 is 2.29 bits per heavy atom. The Morgan fingerprint density at radius 1 is 1.57 bits per heavy atom. The lowest BCUT2D eigenvalue weighted by Gasteiger charge is -2.21. The zero-order chi connectivity index (χ0) is 10.6. The van der Waals surface area contributed by atoms with Gasteiger partial charge >= 0.3 is 0 Å². The number of aromatic nitrogens is 1. The molecule has 0 spiro atoms. The first-order valence-electron chi connectivity index (χ1n) is 5.25. The van der Waals surface area contributed by atoms with Gasteiger partial charge in [-0.1, -0.05) is 13.8 Å². The molecule has 2 nitrogen and oxygen atoms in total. The minimum absolute atomic E-state index is 0.608. The molecule has 0 aromatic carbocycles. The number of hydrogen-bond donors (Lipinski definition) is 1. The average molecular weight is 212 g/mol. The molecular weight excluding hydrogens is 192 g/mol. The second kappa shape index (κ2) is 5.47. The first-order valence-corrected chi connectivity index (χ1v) is 6.13. The maximum absolute atomic E-state index is 4.49. The molecule has 1 aromatic heterocycles. The lowest BCUT2D eigenvalue weighted by Crippen LogP contribution is -2.32. The van der Waals surface area contributed by atoms with Gasteiger partial charge in [-0.15, -0.1) is 11.3 Å². The van der Waals surface area contributed by atoms with Crippen molar-refractivity contribution in [3.63, 3.8) is 0 Å². The van der Waals surface area contributed by atoms with Crippen molar-refractivity contribution >= 4 is 11.3 Å². The highest BCUT2D eigenvalue weighted by Crippen LogP contribution is 2.16. The van der Waals surface area contributed by atoms with Gasteiger partial charge in [0.15, 0.2) is 0 Å². The molecule has 0 saturated heterocycles. The third-order valence-corrected chi connectivity index (χ3v) is 3.52. The normalized spacial score (nSPS) is 15.4. The summed E-state index contributed by atoms with van der Waals surface area (Å²) in [5.41, 5.74) is 1.24. The minimum Gasteiger partial charge on any atom is -0.317 e. The Kier molecular flexibility index (Phi) is 4.55. The molecule has 1 N–H and O–H groups in total. The van der Waals surface area contributed by atoms with Crippen LogP contribution in [0.25, 0.3) is 0 Å². The Bertz CT molecular complexity index is 266. The highest BCUT2D eigenvalue weighted by atomic mass is 32.1. The fourth-order valence-electron chi connectivity index (χ4n) is 1.87. The van der Waals surface area contributed by atoms with Crippen LogP contribution in [0.5, 0.6) is 0 Å². The van der Waals surface area contributed by atoms with Gasteiger partial charge in [0.05, 0.1) is 10.7 Å². The van der Waals surface area contributed by atoms with E-state index >= 15 is 0 Å². The van der Waals surface area contributed by atoms with Gasteiger partial charge in [0.1, 0.15) is 0 Å². The van der Waals surface area contributed by atoms with Crippen LogP contribution in [0.15, 0.2) is 5.38 Å². The lowest BCUT2D eigenvalue weighted by molar-refractivity contribution is 0.384. The summed E-state index contributed by atoms with van der Waals surface area (Å²) in [6, 6.07) is 0.608. The van der Waals surface area contributed by atoms with Gasteiger partial charge in [-0.25, -0.2) is 4.98 Å². The second-order valence-electron chi connectivity index (χ2n) is 3.84. The fourth-order valence-corrected chi connectivity index (χ4v) is 2.49. The van der Waals surface area contributed by atoms with Gasteiger partial charge in [-0.3, -0.25) is 0 Å². The van der Waals surface area contributed by atoms with Gasteiger partial charge in [0.2, 0.25) is 0 Å². The summed E-state index contributed by atoms with van der Waals surface area (Å²) >= 11 is 1.74. The van der Waals surface area contributed by atoms with Crippen molar-refractivity contribution in [2.24, 2.45) is 5.92 Å². The zero-order valence-corrected chi connectivity index (χ0v) is 10.3. The second-order valence-corrected chi connectivity index (χ2v) is 4.90. The molecule has 0 aliphatic carbocycles. The predicted molar refractivity (Wildman–Crippen MR) is 62.9 cm³/mol. The van der Waals surface area contributed by atoms with Crippen molar-refractivity contribution in [1.29, 1.82) is 0 Å². The molecule has 2 unspecified atom stereocenters. The summed E-state index contributed by atoms with van der Waals surface area (Å²) in [7, 11) is 2.04.